The molecule has 0 unspecified atom stereocenters. The van der Waals surface area contributed by atoms with Crippen LogP contribution in [0.4, 0.5) is 0 Å². The number of carbonyl (C=O) groups is 1. The molecule has 0 saturated carbocycles. The highest BCUT2D eigenvalue weighted by Crippen LogP contribution is 2.12. The fraction of sp³-hybridized carbons (Fsp3) is 0.400. The van der Waals surface area contributed by atoms with E-state index in [0.29, 0.717) is 18.7 Å². The van der Waals surface area contributed by atoms with Crippen LogP contribution in [0.15, 0.2) is 60.6 Å². The van der Waals surface area contributed by atoms with Gasteiger partial charge in [0.05, 0.1) is 24.5 Å². The molecule has 7 heteroatoms. The van der Waals surface area contributed by atoms with Crippen molar-refractivity contribution in [3.05, 3.63) is 77.4 Å². The van der Waals surface area contributed by atoms with Crippen molar-refractivity contribution in [2.75, 3.05) is 32.7 Å². The highest BCUT2D eigenvalue weighted by molar-refractivity contribution is 5.72. The van der Waals surface area contributed by atoms with Crippen LogP contribution in [0.5, 0.6) is 0 Å². The molecule has 7 nitrogen and oxygen atoms in total. The zero-order valence-electron chi connectivity index (χ0n) is 18.4. The lowest BCUT2D eigenvalue weighted by molar-refractivity contribution is -0.569. The largest absolute Gasteiger partial charge is 0.330 e. The molecule has 1 aromatic carbocycles. The summed E-state index contributed by atoms with van der Waals surface area (Å²) in [6.07, 6.45) is 13.5. The normalized spacial score (nSPS) is 18.8. The number of aromatic nitrogens is 2. The van der Waals surface area contributed by atoms with Crippen molar-refractivity contribution in [1.82, 2.24) is 19.8 Å². The van der Waals surface area contributed by atoms with Gasteiger partial charge in [-0.15, -0.1) is 0 Å². The van der Waals surface area contributed by atoms with Gasteiger partial charge in [0.25, 0.3) is 0 Å². The van der Waals surface area contributed by atoms with Gasteiger partial charge in [-0.3, -0.25) is 10.2 Å². The van der Waals surface area contributed by atoms with Gasteiger partial charge < -0.3 is 9.88 Å². The average Bonchev–Trinajstić information content (AvgIpc) is 3.27. The van der Waals surface area contributed by atoms with Crippen molar-refractivity contribution >= 4 is 5.91 Å². The number of allylic oxidation sites excluding steroid dienone is 2. The number of benzene rings is 1. The Bertz CT molecular complexity index is 1010. The second-order valence-electron chi connectivity index (χ2n) is 8.47. The van der Waals surface area contributed by atoms with Crippen molar-refractivity contribution in [3.8, 4) is 6.07 Å². The van der Waals surface area contributed by atoms with E-state index in [-0.39, 0.29) is 11.9 Å². The summed E-state index contributed by atoms with van der Waals surface area (Å²) < 4.78 is 2.10. The number of nitrogens with zero attached hydrogens (tertiary/aromatic N) is 4. The highest BCUT2D eigenvalue weighted by atomic mass is 16.2. The fourth-order valence-corrected chi connectivity index (χ4v) is 4.27. The fourth-order valence-electron chi connectivity index (χ4n) is 4.27. The van der Waals surface area contributed by atoms with Crippen LogP contribution in [0.3, 0.4) is 0 Å². The van der Waals surface area contributed by atoms with Gasteiger partial charge in [0, 0.05) is 51.0 Å². The molecular weight excluding hydrogens is 400 g/mol. The zero-order valence-corrected chi connectivity index (χ0v) is 18.4. The van der Waals surface area contributed by atoms with Gasteiger partial charge in [-0.1, -0.05) is 30.4 Å². The molecule has 166 valence electrons. The van der Waals surface area contributed by atoms with Crippen LogP contribution in [-0.4, -0.2) is 59.1 Å². The Kier molecular flexibility index (Phi) is 7.62. The first-order valence-electron chi connectivity index (χ1n) is 11.4. The number of hydrogen-bond acceptors (Lipinski definition) is 5. The van der Waals surface area contributed by atoms with Crippen molar-refractivity contribution in [2.45, 2.75) is 31.8 Å². The van der Waals surface area contributed by atoms with Crippen molar-refractivity contribution < 1.29 is 10.1 Å². The van der Waals surface area contributed by atoms with Gasteiger partial charge >= 0.3 is 5.91 Å². The maximum Gasteiger partial charge on any atom is 0.328 e. The molecule has 2 heterocycles. The Morgan fingerprint density at radius 1 is 1.25 bits per heavy atom. The minimum atomic E-state index is -0.125. The first-order valence-corrected chi connectivity index (χ1v) is 11.4. The van der Waals surface area contributed by atoms with E-state index < -0.39 is 0 Å². The Balaban J connectivity index is 1.24. The number of piperazine rings is 1. The molecule has 4 rings (SSSR count). The molecule has 0 bridgehead atoms. The summed E-state index contributed by atoms with van der Waals surface area (Å²) in [7, 11) is 0. The van der Waals surface area contributed by atoms with Gasteiger partial charge in [-0.25, -0.2) is 9.78 Å². The third-order valence-electron chi connectivity index (χ3n) is 6.06. The lowest BCUT2D eigenvalue weighted by Gasteiger charge is -2.32. The summed E-state index contributed by atoms with van der Waals surface area (Å²) in [6, 6.07) is 9.63. The Hall–Kier alpha value is -3.05. The topological polar surface area (TPSA) is 90.6 Å². The van der Waals surface area contributed by atoms with Gasteiger partial charge in [-0.05, 0) is 36.1 Å². The summed E-state index contributed by atoms with van der Waals surface area (Å²) in [6.45, 7) is 4.91. The average molecular weight is 432 g/mol. The molecule has 3 N–H and O–H groups in total. The van der Waals surface area contributed by atoms with Crippen molar-refractivity contribution in [1.29, 1.82) is 5.26 Å². The second kappa shape index (κ2) is 11.0. The number of nitrogens with one attached hydrogen (secondary N) is 1. The smallest absolute Gasteiger partial charge is 0.328 e. The van der Waals surface area contributed by atoms with E-state index in [2.05, 4.69) is 44.1 Å². The number of imidazole rings is 1. The summed E-state index contributed by atoms with van der Waals surface area (Å²) in [4.78, 5) is 19.4. The second-order valence-corrected chi connectivity index (χ2v) is 8.47. The van der Waals surface area contributed by atoms with E-state index in [1.165, 1.54) is 5.57 Å². The SMILES string of the molecule is N#Cc1ccc(Cn2cncc2CC[NH2+]C(=O)[C@H]2CN(CC3=CCCC=C3)CCN2)cc1. The van der Waals surface area contributed by atoms with Crippen LogP contribution in [0.1, 0.15) is 29.7 Å². The maximum atomic E-state index is 12.8. The molecule has 0 spiro atoms. The van der Waals surface area contributed by atoms with E-state index in [9.17, 15) is 4.79 Å². The number of primary amides is 1. The molecule has 1 aromatic heterocycles. The first-order chi connectivity index (χ1) is 15.7. The van der Waals surface area contributed by atoms with Gasteiger partial charge in [-0.2, -0.15) is 5.26 Å². The molecule has 2 aromatic rings. The molecule has 1 fully saturated rings. The van der Waals surface area contributed by atoms with Gasteiger partial charge in [0.15, 0.2) is 0 Å². The quantitative estimate of drug-likeness (QED) is 0.651. The predicted molar refractivity (Wildman–Crippen MR) is 123 cm³/mol. The summed E-state index contributed by atoms with van der Waals surface area (Å²) in [5, 5.41) is 14.2. The first kappa shape index (κ1) is 22.2. The molecular formula is C25H31N6O+. The minimum absolute atomic E-state index is 0.125. The van der Waals surface area contributed by atoms with Gasteiger partial charge in [0.1, 0.15) is 6.04 Å². The predicted octanol–water partition coefficient (Wildman–Crippen LogP) is 0.986. The lowest BCUT2D eigenvalue weighted by atomic mass is 10.1. The summed E-state index contributed by atoms with van der Waals surface area (Å²) >= 11 is 0. The Labute approximate surface area is 189 Å². The standard InChI is InChI=1S/C25H30N6O/c26-14-20-6-8-22(9-7-20)17-31-19-27-15-23(31)10-11-29-25(32)24-18-30(13-12-28-24)16-21-4-2-1-3-5-21/h2,4-9,15,19,24,28H,1,3,10-13,16-18H2,(H,29,32)/p+1/t24-/m1/s1. The Morgan fingerprint density at radius 3 is 2.91 bits per heavy atom. The van der Waals surface area contributed by atoms with Crippen LogP contribution >= 0.6 is 0 Å². The summed E-state index contributed by atoms with van der Waals surface area (Å²) in [5.41, 5.74) is 4.25. The van der Waals surface area contributed by atoms with Crippen LogP contribution in [0.2, 0.25) is 0 Å². The molecule has 32 heavy (non-hydrogen) atoms. The van der Waals surface area contributed by atoms with Crippen LogP contribution in [0, 0.1) is 11.3 Å². The van der Waals surface area contributed by atoms with Crippen molar-refractivity contribution in [2.24, 2.45) is 0 Å². The number of nitrogens with two attached hydrogens (primary N) is 1. The number of carbonyl (C=O) groups excluding carboxylic acids is 1. The molecule has 0 radical (unpaired) electrons. The monoisotopic (exact) mass is 431 g/mol. The molecule has 1 aliphatic carbocycles. The molecule has 1 amide bonds. The number of hydrogen-bond donors (Lipinski definition) is 2. The van der Waals surface area contributed by atoms with E-state index >= 15 is 0 Å². The lowest BCUT2D eigenvalue weighted by Crippen LogP contribution is -2.92. The number of rotatable bonds is 8. The maximum absolute atomic E-state index is 12.8. The van der Waals surface area contributed by atoms with E-state index in [1.807, 2.05) is 42.1 Å². The van der Waals surface area contributed by atoms with Crippen LogP contribution in [0.25, 0.3) is 0 Å². The highest BCUT2D eigenvalue weighted by Gasteiger charge is 2.28. The van der Waals surface area contributed by atoms with Crippen LogP contribution in [-0.2, 0) is 17.8 Å². The minimum Gasteiger partial charge on any atom is -0.330 e. The van der Waals surface area contributed by atoms with E-state index in [4.69, 9.17) is 5.26 Å². The van der Waals surface area contributed by atoms with Crippen molar-refractivity contribution in [3.63, 3.8) is 0 Å². The third kappa shape index (κ3) is 6.01. The Morgan fingerprint density at radius 2 is 2.12 bits per heavy atom. The summed E-state index contributed by atoms with van der Waals surface area (Å²) in [5.74, 6) is 0.182. The number of amides is 1. The molecule has 1 atom stereocenters. The zero-order chi connectivity index (χ0) is 22.2. The van der Waals surface area contributed by atoms with E-state index in [1.54, 1.807) is 0 Å². The van der Waals surface area contributed by atoms with E-state index in [0.717, 1.165) is 56.7 Å². The molecule has 2 aliphatic rings. The van der Waals surface area contributed by atoms with Crippen LogP contribution < -0.4 is 10.6 Å². The molecule has 1 aliphatic heterocycles. The number of nitriles is 1. The molecule has 1 saturated heterocycles. The number of quaternary nitrogens is 1. The third-order valence-corrected chi connectivity index (χ3v) is 6.06. The van der Waals surface area contributed by atoms with Gasteiger partial charge in [0.2, 0.25) is 0 Å².